The maximum absolute atomic E-state index is 13.2. The lowest BCUT2D eigenvalue weighted by molar-refractivity contribution is -0.143. The third kappa shape index (κ3) is 4.48. The van der Waals surface area contributed by atoms with Crippen LogP contribution in [0.15, 0.2) is 47.4 Å². The Morgan fingerprint density at radius 3 is 2.69 bits per heavy atom. The van der Waals surface area contributed by atoms with Gasteiger partial charge in [-0.1, -0.05) is 35.8 Å². The SMILES string of the molecule is Bc1ccc2c(c1)S(=O)(=O)N(C)c1ccccc1C2NCCCCC(=O)OCC. The first-order valence-electron chi connectivity index (χ1n) is 9.93. The summed E-state index contributed by atoms with van der Waals surface area (Å²) in [5.41, 5.74) is 3.25. The third-order valence-corrected chi connectivity index (χ3v) is 6.99. The molecule has 154 valence electrons. The Morgan fingerprint density at radius 2 is 1.93 bits per heavy atom. The fourth-order valence-corrected chi connectivity index (χ4v) is 5.20. The molecule has 0 amide bonds. The molecule has 8 heteroatoms. The van der Waals surface area contributed by atoms with E-state index in [1.807, 2.05) is 44.2 Å². The Bertz CT molecular complexity index is 994. The molecule has 0 fully saturated rings. The van der Waals surface area contributed by atoms with Crippen LogP contribution in [0.25, 0.3) is 0 Å². The summed E-state index contributed by atoms with van der Waals surface area (Å²) in [7, 11) is -0.153. The minimum absolute atomic E-state index is 0.180. The van der Waals surface area contributed by atoms with Crippen LogP contribution in [0.3, 0.4) is 0 Å². The highest BCUT2D eigenvalue weighted by atomic mass is 32.2. The number of esters is 1. The number of unbranched alkanes of at least 4 members (excludes halogenated alkanes) is 1. The number of hydrogen-bond acceptors (Lipinski definition) is 5. The fourth-order valence-electron chi connectivity index (χ4n) is 3.66. The van der Waals surface area contributed by atoms with E-state index < -0.39 is 10.0 Å². The van der Waals surface area contributed by atoms with E-state index in [0.717, 1.165) is 29.4 Å². The van der Waals surface area contributed by atoms with Crippen molar-refractivity contribution in [3.8, 4) is 0 Å². The molecule has 0 saturated heterocycles. The summed E-state index contributed by atoms with van der Waals surface area (Å²) in [5, 5.41) is 3.51. The van der Waals surface area contributed by atoms with E-state index in [-0.39, 0.29) is 12.0 Å². The lowest BCUT2D eigenvalue weighted by Crippen LogP contribution is -2.27. The van der Waals surface area contributed by atoms with E-state index in [1.165, 1.54) is 4.31 Å². The minimum atomic E-state index is -3.65. The smallest absolute Gasteiger partial charge is 0.305 e. The molecule has 1 aliphatic rings. The number of carbonyl (C=O) groups is 1. The van der Waals surface area contributed by atoms with Crippen molar-refractivity contribution in [1.82, 2.24) is 5.32 Å². The first kappa shape index (κ1) is 21.4. The lowest BCUT2D eigenvalue weighted by Gasteiger charge is -2.22. The molecule has 2 aromatic carbocycles. The molecule has 29 heavy (non-hydrogen) atoms. The van der Waals surface area contributed by atoms with Crippen LogP contribution in [0.1, 0.15) is 43.4 Å². The van der Waals surface area contributed by atoms with Crippen molar-refractivity contribution in [2.75, 3.05) is 24.5 Å². The van der Waals surface area contributed by atoms with E-state index in [2.05, 4.69) is 5.32 Å². The number of para-hydroxylation sites is 1. The van der Waals surface area contributed by atoms with Crippen LogP contribution in [-0.4, -0.2) is 42.4 Å². The van der Waals surface area contributed by atoms with Crippen LogP contribution in [-0.2, 0) is 19.6 Å². The summed E-state index contributed by atoms with van der Waals surface area (Å²) in [6, 6.07) is 12.9. The Morgan fingerprint density at radius 1 is 1.17 bits per heavy atom. The maximum Gasteiger partial charge on any atom is 0.305 e. The van der Waals surface area contributed by atoms with Gasteiger partial charge in [0.15, 0.2) is 0 Å². The van der Waals surface area contributed by atoms with Gasteiger partial charge < -0.3 is 10.1 Å². The highest BCUT2D eigenvalue weighted by molar-refractivity contribution is 7.92. The standard InChI is InChI=1S/C21H27BN2O4S/c1-3-28-20(25)10-6-7-13-23-21-16-8-4-5-9-18(16)24(2)29(26,27)19-14-15(22)11-12-17(19)21/h4-5,8-9,11-12,14,21,23H,3,6-7,10,13,22H2,1-2H3. The van der Waals surface area contributed by atoms with Gasteiger partial charge in [-0.15, -0.1) is 0 Å². The van der Waals surface area contributed by atoms with Crippen LogP contribution in [0.2, 0.25) is 0 Å². The summed E-state index contributed by atoms with van der Waals surface area (Å²) in [6.45, 7) is 2.86. The average molecular weight is 414 g/mol. The van der Waals surface area contributed by atoms with Gasteiger partial charge >= 0.3 is 5.97 Å². The summed E-state index contributed by atoms with van der Waals surface area (Å²) >= 11 is 0. The first-order valence-corrected chi connectivity index (χ1v) is 11.4. The van der Waals surface area contributed by atoms with Crippen molar-refractivity contribution >= 4 is 35.0 Å². The van der Waals surface area contributed by atoms with Crippen molar-refractivity contribution in [3.05, 3.63) is 53.6 Å². The van der Waals surface area contributed by atoms with Crippen molar-refractivity contribution in [2.24, 2.45) is 0 Å². The summed E-state index contributed by atoms with van der Waals surface area (Å²) in [4.78, 5) is 11.8. The molecule has 1 heterocycles. The van der Waals surface area contributed by atoms with Crippen LogP contribution >= 0.6 is 0 Å². The second-order valence-electron chi connectivity index (χ2n) is 7.22. The monoisotopic (exact) mass is 414 g/mol. The Hall–Kier alpha value is -2.32. The van der Waals surface area contributed by atoms with E-state index in [4.69, 9.17) is 4.74 Å². The molecule has 1 unspecified atom stereocenters. The molecular formula is C21H27BN2O4S. The molecule has 0 aliphatic carbocycles. The summed E-state index contributed by atoms with van der Waals surface area (Å²) in [5.74, 6) is -0.180. The van der Waals surface area contributed by atoms with Crippen molar-refractivity contribution in [1.29, 1.82) is 0 Å². The highest BCUT2D eigenvalue weighted by Crippen LogP contribution is 2.39. The van der Waals surface area contributed by atoms with Crippen LogP contribution < -0.4 is 15.1 Å². The first-order chi connectivity index (χ1) is 13.9. The maximum atomic E-state index is 13.2. The zero-order valence-electron chi connectivity index (χ0n) is 17.1. The number of benzene rings is 2. The quantitative estimate of drug-likeness (QED) is 0.422. The Labute approximate surface area is 173 Å². The molecule has 0 saturated carbocycles. The number of sulfonamides is 1. The number of nitrogens with zero attached hydrogens (tertiary/aromatic N) is 1. The molecule has 0 radical (unpaired) electrons. The van der Waals surface area contributed by atoms with Crippen LogP contribution in [0, 0.1) is 0 Å². The molecular weight excluding hydrogens is 387 g/mol. The molecule has 0 spiro atoms. The third-order valence-electron chi connectivity index (χ3n) is 5.17. The van der Waals surface area contributed by atoms with Gasteiger partial charge in [0.2, 0.25) is 0 Å². The van der Waals surface area contributed by atoms with Gasteiger partial charge in [-0.25, -0.2) is 8.42 Å². The average Bonchev–Trinajstić information content (AvgIpc) is 2.76. The van der Waals surface area contributed by atoms with Gasteiger partial charge in [0, 0.05) is 13.5 Å². The van der Waals surface area contributed by atoms with E-state index >= 15 is 0 Å². The van der Waals surface area contributed by atoms with Gasteiger partial charge in [0.1, 0.15) is 7.85 Å². The number of ether oxygens (including phenoxy) is 1. The number of carbonyl (C=O) groups excluding carboxylic acids is 1. The molecule has 3 rings (SSSR count). The zero-order chi connectivity index (χ0) is 21.0. The predicted molar refractivity (Wildman–Crippen MR) is 117 cm³/mol. The molecule has 0 aromatic heterocycles. The topological polar surface area (TPSA) is 75.7 Å². The van der Waals surface area contributed by atoms with Gasteiger partial charge in [-0.2, -0.15) is 0 Å². The molecule has 0 bridgehead atoms. The van der Waals surface area contributed by atoms with Gasteiger partial charge in [-0.05, 0) is 49.6 Å². The van der Waals surface area contributed by atoms with Gasteiger partial charge in [0.25, 0.3) is 10.0 Å². The summed E-state index contributed by atoms with van der Waals surface area (Å²) in [6.07, 6.45) is 1.91. The zero-order valence-corrected chi connectivity index (χ0v) is 18.0. The Balaban J connectivity index is 1.88. The molecule has 1 atom stereocenters. The van der Waals surface area contributed by atoms with Crippen molar-refractivity contribution < 1.29 is 17.9 Å². The summed E-state index contributed by atoms with van der Waals surface area (Å²) < 4.78 is 32.8. The number of nitrogens with one attached hydrogen (secondary N) is 1. The fraction of sp³-hybridized carbons (Fsp3) is 0.381. The molecule has 1 N–H and O–H groups in total. The number of rotatable bonds is 7. The lowest BCUT2D eigenvalue weighted by atomic mass is 9.91. The molecule has 1 aliphatic heterocycles. The number of hydrogen-bond donors (Lipinski definition) is 1. The van der Waals surface area contributed by atoms with Crippen molar-refractivity contribution in [2.45, 2.75) is 37.1 Å². The second-order valence-corrected chi connectivity index (χ2v) is 9.16. The largest absolute Gasteiger partial charge is 0.466 e. The van der Waals surface area contributed by atoms with Gasteiger partial charge in [0.05, 0.1) is 23.2 Å². The Kier molecular flexibility index (Phi) is 6.65. The van der Waals surface area contributed by atoms with E-state index in [9.17, 15) is 13.2 Å². The predicted octanol–water partition coefficient (Wildman–Crippen LogP) is 1.50. The normalized spacial score (nSPS) is 17.2. The second kappa shape index (κ2) is 9.01. The highest BCUT2D eigenvalue weighted by Gasteiger charge is 2.34. The van der Waals surface area contributed by atoms with Crippen molar-refractivity contribution in [3.63, 3.8) is 0 Å². The number of anilines is 1. The van der Waals surface area contributed by atoms with E-state index in [0.29, 0.717) is 30.2 Å². The molecule has 2 aromatic rings. The minimum Gasteiger partial charge on any atom is -0.466 e. The van der Waals surface area contributed by atoms with Gasteiger partial charge in [-0.3, -0.25) is 9.10 Å². The molecule has 6 nitrogen and oxygen atoms in total. The van der Waals surface area contributed by atoms with Crippen LogP contribution in [0.5, 0.6) is 0 Å². The van der Waals surface area contributed by atoms with E-state index in [1.54, 1.807) is 20.0 Å². The van der Waals surface area contributed by atoms with Crippen LogP contribution in [0.4, 0.5) is 5.69 Å². The number of fused-ring (bicyclic) bond motifs is 2.